The van der Waals surface area contributed by atoms with Crippen molar-refractivity contribution in [3.63, 3.8) is 0 Å². The molecule has 0 radical (unpaired) electrons. The Morgan fingerprint density at radius 2 is 1.71 bits per heavy atom. The number of amides is 2. The molecule has 10 heteroatoms. The van der Waals surface area contributed by atoms with Crippen LogP contribution in [0.5, 0.6) is 0 Å². The van der Waals surface area contributed by atoms with Crippen LogP contribution in [0.15, 0.2) is 66.0 Å². The number of carbonyl (C=O) groups is 1. The maximum atomic E-state index is 13.3. The predicted molar refractivity (Wildman–Crippen MR) is 121 cm³/mol. The molecule has 31 heavy (non-hydrogen) atoms. The Kier molecular flexibility index (Phi) is 6.14. The number of hydrogen-bond donors (Lipinski definition) is 0. The number of aromatic nitrogens is 2. The number of urea groups is 1. The zero-order chi connectivity index (χ0) is 22.0. The van der Waals surface area contributed by atoms with Crippen LogP contribution in [-0.4, -0.2) is 39.6 Å². The molecule has 0 aliphatic carbocycles. The van der Waals surface area contributed by atoms with Gasteiger partial charge in [0.15, 0.2) is 0 Å². The van der Waals surface area contributed by atoms with Gasteiger partial charge in [-0.3, -0.25) is 9.58 Å². The molecule has 0 spiro atoms. The Morgan fingerprint density at radius 3 is 2.29 bits per heavy atom. The molecule has 2 heterocycles. The molecule has 4 rings (SSSR count). The van der Waals surface area contributed by atoms with Crippen molar-refractivity contribution in [3.05, 3.63) is 81.6 Å². The highest BCUT2D eigenvalue weighted by Crippen LogP contribution is 2.28. The lowest BCUT2D eigenvalue weighted by Crippen LogP contribution is -2.41. The first-order chi connectivity index (χ1) is 15.0. The quantitative estimate of drug-likeness (QED) is 0.485. The average molecular weight is 474 g/mol. The summed E-state index contributed by atoms with van der Waals surface area (Å²) in [5.41, 5.74) is 1.98. The lowest BCUT2D eigenvalue weighted by molar-refractivity contribution is 0.209. The smallest absolute Gasteiger partial charge is 0.279 e. The lowest BCUT2D eigenvalue weighted by atomic mass is 10.0. The van der Waals surface area contributed by atoms with Gasteiger partial charge < -0.3 is 0 Å². The van der Waals surface area contributed by atoms with Gasteiger partial charge in [0.1, 0.15) is 12.6 Å². The first-order valence-corrected chi connectivity index (χ1v) is 10.4. The van der Waals surface area contributed by atoms with E-state index in [9.17, 15) is 10.1 Å². The Balaban J connectivity index is 1.69. The van der Waals surface area contributed by atoms with Crippen LogP contribution >= 0.6 is 34.8 Å². The average Bonchev–Trinajstić information content (AvgIpc) is 3.39. The van der Waals surface area contributed by atoms with Gasteiger partial charge in [-0.1, -0.05) is 46.9 Å². The highest BCUT2D eigenvalue weighted by atomic mass is 35.5. The monoisotopic (exact) mass is 472 g/mol. The second-order valence-corrected chi connectivity index (χ2v) is 8.04. The summed E-state index contributed by atoms with van der Waals surface area (Å²) in [7, 11) is 0. The molecule has 2 aromatic carbocycles. The molecular weight excluding hydrogens is 459 g/mol. The zero-order valence-corrected chi connectivity index (χ0v) is 18.3. The van der Waals surface area contributed by atoms with E-state index in [1.54, 1.807) is 47.3 Å². The Hall–Kier alpha value is -3.05. The van der Waals surface area contributed by atoms with Gasteiger partial charge >= 0.3 is 6.03 Å². The van der Waals surface area contributed by atoms with Gasteiger partial charge in [-0.2, -0.15) is 15.5 Å². The molecule has 0 N–H and O–H groups in total. The molecule has 1 unspecified atom stereocenters. The van der Waals surface area contributed by atoms with E-state index in [4.69, 9.17) is 34.8 Å². The summed E-state index contributed by atoms with van der Waals surface area (Å²) in [4.78, 5) is 14.7. The van der Waals surface area contributed by atoms with Crippen molar-refractivity contribution in [3.8, 4) is 6.07 Å². The fourth-order valence-electron chi connectivity index (χ4n) is 3.27. The van der Waals surface area contributed by atoms with E-state index in [-0.39, 0.29) is 19.1 Å². The summed E-state index contributed by atoms with van der Waals surface area (Å²) in [6.45, 7) is 0.0886. The number of hydrogen-bond acceptors (Lipinski definition) is 4. The van der Waals surface area contributed by atoms with Crippen molar-refractivity contribution in [1.29, 1.82) is 5.26 Å². The zero-order valence-electron chi connectivity index (χ0n) is 16.0. The predicted octanol–water partition coefficient (Wildman–Crippen LogP) is 5.25. The van der Waals surface area contributed by atoms with Gasteiger partial charge in [0.05, 0.1) is 29.5 Å². The van der Waals surface area contributed by atoms with Crippen LogP contribution in [0.1, 0.15) is 11.6 Å². The molecule has 0 fully saturated rings. The summed E-state index contributed by atoms with van der Waals surface area (Å²) in [6, 6.07) is 15.1. The molecule has 1 aromatic heterocycles. The van der Waals surface area contributed by atoms with Crippen LogP contribution in [0, 0.1) is 11.3 Å². The van der Waals surface area contributed by atoms with Gasteiger partial charge in [-0.25, -0.2) is 9.80 Å². The van der Waals surface area contributed by atoms with Crippen LogP contribution in [0.3, 0.4) is 0 Å². The summed E-state index contributed by atoms with van der Waals surface area (Å²) in [5.74, 6) is 0. The number of anilines is 1. The third-order valence-electron chi connectivity index (χ3n) is 4.74. The normalized spacial score (nSPS) is 15.5. The largest absolute Gasteiger partial charge is 0.345 e. The standard InChI is InChI=1S/C21H15Cl3N6O/c22-15-3-1-14(2-4-15)20-19(29-12-17(24)11-26-29)13-30(27-20)21(31)28(10-9-25)18-7-5-16(23)6-8-18/h1-8,11-12,19H,10,13H2. The van der Waals surface area contributed by atoms with Crippen molar-refractivity contribution >= 4 is 52.2 Å². The maximum absolute atomic E-state index is 13.3. The van der Waals surface area contributed by atoms with Gasteiger partial charge in [-0.05, 0) is 36.4 Å². The summed E-state index contributed by atoms with van der Waals surface area (Å²) >= 11 is 18.0. The van der Waals surface area contributed by atoms with E-state index in [2.05, 4.69) is 10.2 Å². The SMILES string of the molecule is N#CCN(C(=O)N1CC(n2cc(Cl)cn2)C(c2ccc(Cl)cc2)=N1)c1ccc(Cl)cc1. The number of nitrogens with zero attached hydrogens (tertiary/aromatic N) is 6. The Morgan fingerprint density at radius 1 is 1.06 bits per heavy atom. The highest BCUT2D eigenvalue weighted by Gasteiger charge is 2.35. The van der Waals surface area contributed by atoms with E-state index in [1.165, 1.54) is 16.1 Å². The van der Waals surface area contributed by atoms with Gasteiger partial charge in [-0.15, -0.1) is 0 Å². The van der Waals surface area contributed by atoms with E-state index in [1.807, 2.05) is 18.2 Å². The summed E-state index contributed by atoms with van der Waals surface area (Å²) in [6.07, 6.45) is 3.21. The van der Waals surface area contributed by atoms with Crippen molar-refractivity contribution in [2.24, 2.45) is 5.10 Å². The first-order valence-electron chi connectivity index (χ1n) is 9.22. The van der Waals surface area contributed by atoms with Crippen LogP contribution in [0.4, 0.5) is 10.5 Å². The summed E-state index contributed by atoms with van der Waals surface area (Å²) < 4.78 is 1.67. The van der Waals surface area contributed by atoms with Crippen LogP contribution in [0.25, 0.3) is 0 Å². The fourth-order valence-corrected chi connectivity index (χ4v) is 3.67. The van der Waals surface area contributed by atoms with Gasteiger partial charge in [0.2, 0.25) is 0 Å². The van der Waals surface area contributed by atoms with Crippen molar-refractivity contribution in [1.82, 2.24) is 14.8 Å². The van der Waals surface area contributed by atoms with Crippen LogP contribution in [-0.2, 0) is 0 Å². The van der Waals surface area contributed by atoms with Gasteiger partial charge in [0.25, 0.3) is 0 Å². The molecule has 3 aromatic rings. The molecule has 1 atom stereocenters. The summed E-state index contributed by atoms with van der Waals surface area (Å²) in [5, 5.41) is 21.1. The number of benzene rings is 2. The number of hydrazone groups is 1. The molecule has 0 saturated heterocycles. The molecule has 0 bridgehead atoms. The number of nitriles is 1. The lowest BCUT2D eigenvalue weighted by Gasteiger charge is -2.24. The van der Waals surface area contributed by atoms with E-state index in [0.717, 1.165) is 5.56 Å². The van der Waals surface area contributed by atoms with Gasteiger partial charge in [0, 0.05) is 27.5 Å². The molecule has 1 aliphatic rings. The Bertz CT molecular complexity index is 1170. The fraction of sp³-hybridized carbons (Fsp3) is 0.143. The third kappa shape index (κ3) is 4.52. The molecule has 0 saturated carbocycles. The van der Waals surface area contributed by atoms with E-state index >= 15 is 0 Å². The molecule has 7 nitrogen and oxygen atoms in total. The van der Waals surface area contributed by atoms with Crippen molar-refractivity contribution in [2.45, 2.75) is 6.04 Å². The molecule has 2 amide bonds. The third-order valence-corrected chi connectivity index (χ3v) is 5.44. The molecular formula is C21H15Cl3N6O. The van der Waals surface area contributed by atoms with Crippen LogP contribution in [0.2, 0.25) is 15.1 Å². The maximum Gasteiger partial charge on any atom is 0.345 e. The first kappa shape index (κ1) is 21.2. The topological polar surface area (TPSA) is 77.5 Å². The van der Waals surface area contributed by atoms with Crippen molar-refractivity contribution in [2.75, 3.05) is 18.0 Å². The highest BCUT2D eigenvalue weighted by molar-refractivity contribution is 6.31. The minimum absolute atomic E-state index is 0.138. The number of carbonyl (C=O) groups excluding carboxylic acids is 1. The van der Waals surface area contributed by atoms with E-state index in [0.29, 0.717) is 26.5 Å². The minimum atomic E-state index is -0.434. The Labute approximate surface area is 193 Å². The number of halogens is 3. The van der Waals surface area contributed by atoms with E-state index < -0.39 is 6.03 Å². The molecule has 156 valence electrons. The second kappa shape index (κ2) is 8.98. The van der Waals surface area contributed by atoms with Crippen molar-refractivity contribution < 1.29 is 4.79 Å². The minimum Gasteiger partial charge on any atom is -0.279 e. The van der Waals surface area contributed by atoms with Crippen LogP contribution < -0.4 is 4.90 Å². The second-order valence-electron chi connectivity index (χ2n) is 6.73. The molecule has 1 aliphatic heterocycles. The number of rotatable bonds is 4.